The number of hydrogen-bond acceptors (Lipinski definition) is 6. The lowest BCUT2D eigenvalue weighted by atomic mass is 10.1. The van der Waals surface area contributed by atoms with Crippen LogP contribution < -0.4 is 0 Å². The standard InChI is InChI=1S/C71H118O6/c1-4-7-10-13-16-19-22-25-27-29-31-33-34-35-36-38-39-41-43-46-49-52-55-58-61-64-70(73)76-67-68(66-75-69(72)63-60-57-54-51-48-45-24-21-18-15-12-9-6-3)77-71(74)65-62-59-56-53-50-47-44-42-40-37-32-30-28-26-23-20-17-14-11-8-5-2/h8,11,17,20-22,24-26,28-29,31-32,34-35,37,42,44,50,53,68H,4-7,9-10,12-16,18-19,23,27,30,33,36,38-41,43,45-49,51-52,54-67H2,1-3H3/b11-8-,20-17-,24-21-,25-22-,28-26-,31-29-,35-34-,37-32-,44-42-,53-50-. The van der Waals surface area contributed by atoms with Crippen LogP contribution in [0.3, 0.4) is 0 Å². The second-order valence-electron chi connectivity index (χ2n) is 20.9. The van der Waals surface area contributed by atoms with Crippen LogP contribution >= 0.6 is 0 Å². The average Bonchev–Trinajstić information content (AvgIpc) is 3.43. The third kappa shape index (κ3) is 62.5. The molecule has 0 saturated carbocycles. The fraction of sp³-hybridized carbons (Fsp3) is 0.676. The van der Waals surface area contributed by atoms with Crippen LogP contribution in [0.15, 0.2) is 122 Å². The number of hydrogen-bond donors (Lipinski definition) is 0. The molecular formula is C71H118O6. The molecular weight excluding hydrogens is 949 g/mol. The number of unbranched alkanes of at least 4 members (excludes halogenated alkanes) is 26. The summed E-state index contributed by atoms with van der Waals surface area (Å²) in [5.41, 5.74) is 0. The summed E-state index contributed by atoms with van der Waals surface area (Å²) in [5, 5.41) is 0. The maximum atomic E-state index is 12.9. The minimum atomic E-state index is -0.811. The molecule has 0 aliphatic rings. The Hall–Kier alpha value is -4.19. The highest BCUT2D eigenvalue weighted by atomic mass is 16.6. The Kier molecular flexibility index (Phi) is 60.8. The molecule has 6 nitrogen and oxygen atoms in total. The van der Waals surface area contributed by atoms with Crippen LogP contribution in [0.25, 0.3) is 0 Å². The molecule has 438 valence electrons. The van der Waals surface area contributed by atoms with Crippen LogP contribution in [0.4, 0.5) is 0 Å². The number of esters is 3. The van der Waals surface area contributed by atoms with Crippen LogP contribution in [-0.4, -0.2) is 37.2 Å². The van der Waals surface area contributed by atoms with Crippen molar-refractivity contribution in [2.45, 2.75) is 297 Å². The van der Waals surface area contributed by atoms with Gasteiger partial charge in [0, 0.05) is 19.3 Å². The number of rotatable bonds is 57. The van der Waals surface area contributed by atoms with Crippen molar-refractivity contribution in [3.8, 4) is 0 Å². The third-order valence-electron chi connectivity index (χ3n) is 13.4. The van der Waals surface area contributed by atoms with Crippen molar-refractivity contribution in [1.82, 2.24) is 0 Å². The molecule has 0 aromatic heterocycles. The zero-order valence-electron chi connectivity index (χ0n) is 50.2. The van der Waals surface area contributed by atoms with Crippen molar-refractivity contribution in [3.05, 3.63) is 122 Å². The van der Waals surface area contributed by atoms with Crippen LogP contribution in [0.1, 0.15) is 290 Å². The Bertz CT molecular complexity index is 1600. The number of carbonyl (C=O) groups is 3. The van der Waals surface area contributed by atoms with Gasteiger partial charge in [0.2, 0.25) is 0 Å². The summed E-state index contributed by atoms with van der Waals surface area (Å²) >= 11 is 0. The van der Waals surface area contributed by atoms with E-state index >= 15 is 0 Å². The summed E-state index contributed by atoms with van der Waals surface area (Å²) < 4.78 is 16.9. The van der Waals surface area contributed by atoms with Gasteiger partial charge in [0.15, 0.2) is 6.10 Å². The van der Waals surface area contributed by atoms with Gasteiger partial charge >= 0.3 is 17.9 Å². The molecule has 6 heteroatoms. The van der Waals surface area contributed by atoms with Crippen LogP contribution in [0, 0.1) is 0 Å². The first-order valence-corrected chi connectivity index (χ1v) is 32.0. The molecule has 0 aliphatic heterocycles. The normalized spacial score (nSPS) is 12.9. The summed E-state index contributed by atoms with van der Waals surface area (Å²) in [6.45, 7) is 6.46. The zero-order valence-corrected chi connectivity index (χ0v) is 50.2. The monoisotopic (exact) mass is 1070 g/mol. The van der Waals surface area contributed by atoms with Gasteiger partial charge in [-0.1, -0.05) is 258 Å². The van der Waals surface area contributed by atoms with Gasteiger partial charge in [0.1, 0.15) is 13.2 Å². The van der Waals surface area contributed by atoms with E-state index in [-0.39, 0.29) is 37.5 Å². The van der Waals surface area contributed by atoms with Gasteiger partial charge < -0.3 is 14.2 Å². The fourth-order valence-electron chi connectivity index (χ4n) is 8.62. The Morgan fingerprint density at radius 2 is 0.506 bits per heavy atom. The van der Waals surface area contributed by atoms with Crippen LogP contribution in [-0.2, 0) is 28.6 Å². The Morgan fingerprint density at radius 1 is 0.273 bits per heavy atom. The van der Waals surface area contributed by atoms with E-state index in [4.69, 9.17) is 14.2 Å². The lowest BCUT2D eigenvalue weighted by Gasteiger charge is -2.18. The molecule has 0 aliphatic carbocycles. The highest BCUT2D eigenvalue weighted by Gasteiger charge is 2.19. The van der Waals surface area contributed by atoms with E-state index in [1.807, 2.05) is 0 Å². The lowest BCUT2D eigenvalue weighted by molar-refractivity contribution is -0.167. The van der Waals surface area contributed by atoms with Crippen LogP contribution in [0.2, 0.25) is 0 Å². The molecule has 0 N–H and O–H groups in total. The van der Waals surface area contributed by atoms with Crippen LogP contribution in [0.5, 0.6) is 0 Å². The molecule has 1 atom stereocenters. The predicted molar refractivity (Wildman–Crippen MR) is 334 cm³/mol. The maximum absolute atomic E-state index is 12.9. The SMILES string of the molecule is CC/C=C\C/C=C\C/C=C\C/C=C\C/C=C\C/C=C\CCCCC(=O)OC(COC(=O)CCCCCCC/C=C\CCCCCC)COC(=O)CCCCCCCCCCCC/C=C\C/C=C\C/C=C\CCCCCCC. The van der Waals surface area contributed by atoms with Crippen molar-refractivity contribution in [1.29, 1.82) is 0 Å². The van der Waals surface area contributed by atoms with Gasteiger partial charge in [0.25, 0.3) is 0 Å². The molecule has 0 rings (SSSR count). The molecule has 0 aromatic carbocycles. The van der Waals surface area contributed by atoms with Crippen molar-refractivity contribution >= 4 is 17.9 Å². The minimum absolute atomic E-state index is 0.103. The van der Waals surface area contributed by atoms with Crippen molar-refractivity contribution < 1.29 is 28.6 Å². The van der Waals surface area contributed by atoms with Crippen molar-refractivity contribution in [2.75, 3.05) is 13.2 Å². The van der Waals surface area contributed by atoms with Gasteiger partial charge in [0.05, 0.1) is 0 Å². The highest BCUT2D eigenvalue weighted by molar-refractivity contribution is 5.71. The van der Waals surface area contributed by atoms with E-state index in [1.165, 1.54) is 128 Å². The zero-order chi connectivity index (χ0) is 55.7. The van der Waals surface area contributed by atoms with Gasteiger partial charge in [-0.3, -0.25) is 14.4 Å². The van der Waals surface area contributed by atoms with E-state index in [0.29, 0.717) is 19.3 Å². The van der Waals surface area contributed by atoms with Gasteiger partial charge in [-0.05, 0) is 135 Å². The average molecular weight is 1070 g/mol. The third-order valence-corrected chi connectivity index (χ3v) is 13.4. The Balaban J connectivity index is 4.42. The predicted octanol–water partition coefficient (Wildman–Crippen LogP) is 22.0. The molecule has 0 bridgehead atoms. The first-order valence-electron chi connectivity index (χ1n) is 32.0. The number of allylic oxidation sites excluding steroid dienone is 20. The minimum Gasteiger partial charge on any atom is -0.462 e. The fourth-order valence-corrected chi connectivity index (χ4v) is 8.62. The summed E-state index contributed by atoms with van der Waals surface area (Å²) in [4.78, 5) is 38.3. The first kappa shape index (κ1) is 72.8. The van der Waals surface area contributed by atoms with E-state index < -0.39 is 6.10 Å². The van der Waals surface area contributed by atoms with E-state index in [9.17, 15) is 14.4 Å². The molecule has 77 heavy (non-hydrogen) atoms. The van der Waals surface area contributed by atoms with E-state index in [1.54, 1.807) is 0 Å². The van der Waals surface area contributed by atoms with Gasteiger partial charge in [-0.25, -0.2) is 0 Å². The van der Waals surface area contributed by atoms with E-state index in [0.717, 1.165) is 116 Å². The molecule has 0 amide bonds. The largest absolute Gasteiger partial charge is 0.462 e. The summed E-state index contributed by atoms with van der Waals surface area (Å²) in [6.07, 6.45) is 89.2. The molecule has 0 fully saturated rings. The highest BCUT2D eigenvalue weighted by Crippen LogP contribution is 2.15. The number of carbonyl (C=O) groups excluding carboxylic acids is 3. The summed E-state index contributed by atoms with van der Waals surface area (Å²) in [6, 6.07) is 0. The van der Waals surface area contributed by atoms with E-state index in [2.05, 4.69) is 142 Å². The van der Waals surface area contributed by atoms with Crippen molar-refractivity contribution in [3.63, 3.8) is 0 Å². The summed E-state index contributed by atoms with van der Waals surface area (Å²) in [7, 11) is 0. The molecule has 0 heterocycles. The lowest BCUT2D eigenvalue weighted by Crippen LogP contribution is -2.30. The summed E-state index contributed by atoms with van der Waals surface area (Å²) in [5.74, 6) is -0.956. The second-order valence-corrected chi connectivity index (χ2v) is 20.9. The molecule has 0 aromatic rings. The molecule has 0 radical (unpaired) electrons. The molecule has 1 unspecified atom stereocenters. The topological polar surface area (TPSA) is 78.9 Å². The number of ether oxygens (including phenoxy) is 3. The van der Waals surface area contributed by atoms with Gasteiger partial charge in [-0.15, -0.1) is 0 Å². The Morgan fingerprint density at radius 3 is 0.844 bits per heavy atom. The maximum Gasteiger partial charge on any atom is 0.306 e. The Labute approximate surface area is 475 Å². The molecule has 0 saturated heterocycles. The molecule has 0 spiro atoms. The second kappa shape index (κ2) is 64.3. The van der Waals surface area contributed by atoms with Gasteiger partial charge in [-0.2, -0.15) is 0 Å². The quantitative estimate of drug-likeness (QED) is 0.0261. The first-order chi connectivity index (χ1) is 38.0. The van der Waals surface area contributed by atoms with Crippen molar-refractivity contribution in [2.24, 2.45) is 0 Å². The smallest absolute Gasteiger partial charge is 0.306 e.